The molecule has 46 heavy (non-hydrogen) atoms. The number of rotatable bonds is 14. The molecule has 1 aliphatic rings. The van der Waals surface area contributed by atoms with Gasteiger partial charge in [-0.25, -0.2) is 14.0 Å². The normalized spacial score (nSPS) is 15.1. The molecule has 0 spiro atoms. The van der Waals surface area contributed by atoms with Gasteiger partial charge in [-0.05, 0) is 55.3 Å². The molecule has 3 aromatic carbocycles. The molecule has 0 saturated heterocycles. The number of esters is 1. The van der Waals surface area contributed by atoms with Gasteiger partial charge in [-0.15, -0.1) is 0 Å². The van der Waals surface area contributed by atoms with E-state index in [-0.39, 0.29) is 29.6 Å². The molecule has 0 unspecified atom stereocenters. The van der Waals surface area contributed by atoms with Crippen molar-refractivity contribution in [2.24, 2.45) is 5.10 Å². The van der Waals surface area contributed by atoms with Crippen molar-refractivity contribution in [2.45, 2.75) is 32.7 Å². The number of aliphatic hydroxyl groups is 1. The molecule has 4 N–H and O–H groups in total. The largest absolute Gasteiger partial charge is 0.493 e. The van der Waals surface area contributed by atoms with Crippen LogP contribution in [0.25, 0.3) is 0 Å². The Kier molecular flexibility index (Phi) is 11.7. The summed E-state index contributed by atoms with van der Waals surface area (Å²) in [6.45, 7) is 3.46. The molecular formula is C32H34ClFN4O8. The number of urea groups is 1. The van der Waals surface area contributed by atoms with Crippen LogP contribution in [0.15, 0.2) is 71.0 Å². The first-order valence-electron chi connectivity index (χ1n) is 14.1. The number of nitrogens with one attached hydrogen (secondary N) is 3. The third-order valence-electron chi connectivity index (χ3n) is 6.69. The van der Waals surface area contributed by atoms with Crippen molar-refractivity contribution in [1.82, 2.24) is 16.1 Å². The average Bonchev–Trinajstić information content (AvgIpc) is 3.03. The van der Waals surface area contributed by atoms with Crippen molar-refractivity contribution in [2.75, 3.05) is 27.4 Å². The van der Waals surface area contributed by atoms with E-state index in [9.17, 15) is 19.1 Å². The minimum atomic E-state index is -1.22. The SMILES string of the molecule is CCOc1cc([C@@H]2NC(=O)NC(C)=C2C(=O)OC)ccc1OC[C@@H](O)N/N=C\c1cc(Cl)c(OCc2ccccc2F)c(OC)c1. The van der Waals surface area contributed by atoms with E-state index >= 15 is 0 Å². The molecular weight excluding hydrogens is 623 g/mol. The second-order valence-corrected chi connectivity index (χ2v) is 10.2. The molecule has 0 saturated carbocycles. The van der Waals surface area contributed by atoms with Crippen molar-refractivity contribution >= 4 is 29.8 Å². The molecule has 0 aliphatic carbocycles. The fraction of sp³-hybridized carbons (Fsp3) is 0.281. The monoisotopic (exact) mass is 656 g/mol. The maximum atomic E-state index is 14.0. The van der Waals surface area contributed by atoms with E-state index in [0.29, 0.717) is 46.2 Å². The average molecular weight is 657 g/mol. The Bertz CT molecular complexity index is 1630. The summed E-state index contributed by atoms with van der Waals surface area (Å²) in [6, 6.07) is 13.1. The van der Waals surface area contributed by atoms with Crippen LogP contribution in [0.3, 0.4) is 0 Å². The molecule has 4 rings (SSSR count). The Morgan fingerprint density at radius 1 is 1.11 bits per heavy atom. The second kappa shape index (κ2) is 15.8. The Labute approximate surface area is 270 Å². The molecule has 1 heterocycles. The highest BCUT2D eigenvalue weighted by molar-refractivity contribution is 6.32. The molecule has 0 radical (unpaired) electrons. The molecule has 0 fully saturated rings. The van der Waals surface area contributed by atoms with E-state index in [1.165, 1.54) is 26.5 Å². The Balaban J connectivity index is 1.39. The maximum Gasteiger partial charge on any atom is 0.337 e. The highest BCUT2D eigenvalue weighted by atomic mass is 35.5. The van der Waals surface area contributed by atoms with Crippen molar-refractivity contribution in [3.63, 3.8) is 0 Å². The van der Waals surface area contributed by atoms with Gasteiger partial charge in [0.15, 0.2) is 29.2 Å². The van der Waals surface area contributed by atoms with Gasteiger partial charge in [0.2, 0.25) is 0 Å². The first kappa shape index (κ1) is 33.9. The van der Waals surface area contributed by atoms with Gasteiger partial charge >= 0.3 is 12.0 Å². The lowest BCUT2D eigenvalue weighted by Crippen LogP contribution is -2.45. The van der Waals surface area contributed by atoms with Crippen LogP contribution < -0.4 is 35.0 Å². The van der Waals surface area contributed by atoms with Gasteiger partial charge in [0.25, 0.3) is 0 Å². The van der Waals surface area contributed by atoms with Crippen molar-refractivity contribution < 1.29 is 42.8 Å². The number of halogens is 2. The zero-order chi connectivity index (χ0) is 33.2. The second-order valence-electron chi connectivity index (χ2n) is 9.83. The van der Waals surface area contributed by atoms with Gasteiger partial charge in [-0.1, -0.05) is 35.9 Å². The van der Waals surface area contributed by atoms with Crippen LogP contribution in [0.1, 0.15) is 36.6 Å². The predicted octanol–water partition coefficient (Wildman–Crippen LogP) is 4.59. The fourth-order valence-corrected chi connectivity index (χ4v) is 4.81. The summed E-state index contributed by atoms with van der Waals surface area (Å²) >= 11 is 6.41. The van der Waals surface area contributed by atoms with Crippen molar-refractivity contribution in [3.8, 4) is 23.0 Å². The van der Waals surface area contributed by atoms with Crippen molar-refractivity contribution in [1.29, 1.82) is 0 Å². The van der Waals surface area contributed by atoms with Gasteiger partial charge in [0.05, 0.1) is 43.7 Å². The van der Waals surface area contributed by atoms with Crippen LogP contribution in [0.5, 0.6) is 23.0 Å². The maximum absolute atomic E-state index is 14.0. The number of benzene rings is 3. The number of aliphatic hydroxyl groups excluding tert-OH is 1. The van der Waals surface area contributed by atoms with Crippen LogP contribution in [0.4, 0.5) is 9.18 Å². The van der Waals surface area contributed by atoms with Crippen LogP contribution >= 0.6 is 11.6 Å². The quantitative estimate of drug-likeness (QED) is 0.0846. The lowest BCUT2D eigenvalue weighted by molar-refractivity contribution is -0.136. The molecule has 0 bridgehead atoms. The van der Waals surface area contributed by atoms with E-state index in [2.05, 4.69) is 21.2 Å². The van der Waals surface area contributed by atoms with E-state index in [0.717, 1.165) is 0 Å². The summed E-state index contributed by atoms with van der Waals surface area (Å²) in [6.07, 6.45) is 0.201. The summed E-state index contributed by atoms with van der Waals surface area (Å²) in [4.78, 5) is 24.6. The summed E-state index contributed by atoms with van der Waals surface area (Å²) < 4.78 is 41.5. The number of methoxy groups -OCH3 is 2. The third-order valence-corrected chi connectivity index (χ3v) is 6.97. The van der Waals surface area contributed by atoms with E-state index in [1.54, 1.807) is 62.4 Å². The number of amides is 2. The number of hydrogen-bond acceptors (Lipinski definition) is 10. The number of nitrogens with zero attached hydrogens (tertiary/aromatic N) is 1. The topological polar surface area (TPSA) is 149 Å². The fourth-order valence-electron chi connectivity index (χ4n) is 4.54. The van der Waals surface area contributed by atoms with Gasteiger partial charge in [-0.2, -0.15) is 5.10 Å². The number of allylic oxidation sites excluding steroid dienone is 1. The van der Waals surface area contributed by atoms with E-state index in [4.69, 9.17) is 35.3 Å². The van der Waals surface area contributed by atoms with Gasteiger partial charge in [0, 0.05) is 11.3 Å². The molecule has 2 atom stereocenters. The highest BCUT2D eigenvalue weighted by Gasteiger charge is 2.32. The molecule has 0 aromatic heterocycles. The summed E-state index contributed by atoms with van der Waals surface area (Å²) in [5.41, 5.74) is 4.65. The van der Waals surface area contributed by atoms with Gasteiger partial charge in [0.1, 0.15) is 19.0 Å². The van der Waals surface area contributed by atoms with Crippen LogP contribution in [0, 0.1) is 5.82 Å². The Morgan fingerprint density at radius 2 is 1.89 bits per heavy atom. The molecule has 244 valence electrons. The van der Waals surface area contributed by atoms with Gasteiger partial charge < -0.3 is 39.4 Å². The Morgan fingerprint density at radius 3 is 2.61 bits per heavy atom. The first-order chi connectivity index (χ1) is 22.1. The predicted molar refractivity (Wildman–Crippen MR) is 168 cm³/mol. The smallest absolute Gasteiger partial charge is 0.337 e. The number of hydrazone groups is 1. The minimum absolute atomic E-state index is 0.0441. The molecule has 1 aliphatic heterocycles. The summed E-state index contributed by atoms with van der Waals surface area (Å²) in [5, 5.41) is 20.0. The summed E-state index contributed by atoms with van der Waals surface area (Å²) in [7, 11) is 2.71. The lowest BCUT2D eigenvalue weighted by atomic mass is 9.95. The molecule has 3 aromatic rings. The minimum Gasteiger partial charge on any atom is -0.493 e. The molecule has 12 nitrogen and oxygen atoms in total. The molecule has 14 heteroatoms. The van der Waals surface area contributed by atoms with Crippen LogP contribution in [0.2, 0.25) is 5.02 Å². The zero-order valence-electron chi connectivity index (χ0n) is 25.6. The third kappa shape index (κ3) is 8.37. The standard InChI is InChI=1S/C32H34ClFN4O8/c1-5-44-25-14-20(29-28(31(40)43-4)18(2)36-32(41)37-29)10-11-24(25)45-17-27(39)38-35-15-19-12-22(33)30(26(13-19)42-3)46-16-21-8-6-7-9-23(21)34/h6-15,27,29,38-39H,5,16-17H2,1-4H3,(H2,36,37,41)/b35-15-/t27-,29+/m1/s1. The number of ether oxygens (including phenoxy) is 5. The number of hydrogen-bond donors (Lipinski definition) is 4. The lowest BCUT2D eigenvalue weighted by Gasteiger charge is -2.28. The van der Waals surface area contributed by atoms with Crippen LogP contribution in [-0.2, 0) is 16.1 Å². The van der Waals surface area contributed by atoms with Crippen LogP contribution in [-0.4, -0.2) is 57.0 Å². The van der Waals surface area contributed by atoms with E-state index in [1.807, 2.05) is 0 Å². The Hall–Kier alpha value is -5.01. The zero-order valence-corrected chi connectivity index (χ0v) is 26.3. The highest BCUT2D eigenvalue weighted by Crippen LogP contribution is 2.37. The number of carbonyl (C=O) groups excluding carboxylic acids is 2. The van der Waals surface area contributed by atoms with E-state index < -0.39 is 30.1 Å². The summed E-state index contributed by atoms with van der Waals surface area (Å²) in [5.74, 6) is 0.234. The molecule has 2 amide bonds. The van der Waals surface area contributed by atoms with Gasteiger partial charge in [-0.3, -0.25) is 5.43 Å². The van der Waals surface area contributed by atoms with Crippen molar-refractivity contribution in [3.05, 3.63) is 93.4 Å². The number of carbonyl (C=O) groups is 2. The first-order valence-corrected chi connectivity index (χ1v) is 14.5.